The number of amidine groups is 1. The number of piperazine rings is 1. The summed E-state index contributed by atoms with van der Waals surface area (Å²) in [6, 6.07) is 11.6. The predicted molar refractivity (Wildman–Crippen MR) is 96.8 cm³/mol. The second-order valence-electron chi connectivity index (χ2n) is 5.65. The van der Waals surface area contributed by atoms with Crippen LogP contribution in [-0.4, -0.2) is 36.9 Å². The average molecular weight is 347 g/mol. The van der Waals surface area contributed by atoms with Crippen molar-refractivity contribution in [3.63, 3.8) is 0 Å². The highest BCUT2D eigenvalue weighted by Gasteiger charge is 2.22. The third-order valence-corrected chi connectivity index (χ3v) is 4.56. The molecule has 0 saturated carbocycles. The summed E-state index contributed by atoms with van der Waals surface area (Å²) in [7, 11) is 0. The number of nitrogens with one attached hydrogen (secondary N) is 2. The first-order valence-electron chi connectivity index (χ1n) is 7.61. The van der Waals surface area contributed by atoms with Crippen LogP contribution in [-0.2, 0) is 0 Å². The van der Waals surface area contributed by atoms with Crippen molar-refractivity contribution in [2.45, 2.75) is 0 Å². The van der Waals surface area contributed by atoms with Gasteiger partial charge in [-0.05, 0) is 36.4 Å². The Morgan fingerprint density at radius 1 is 0.913 bits per heavy atom. The largest absolute Gasteiger partial charge is 0.353 e. The molecule has 0 atom stereocenters. The number of nitrogens with zero attached hydrogens (tertiary/aromatic N) is 2. The summed E-state index contributed by atoms with van der Waals surface area (Å²) in [5.74, 6) is 0.978. The Labute approximate surface area is 145 Å². The van der Waals surface area contributed by atoms with Crippen molar-refractivity contribution in [3.8, 4) is 0 Å². The van der Waals surface area contributed by atoms with Crippen molar-refractivity contribution in [1.29, 1.82) is 0 Å². The zero-order valence-corrected chi connectivity index (χ0v) is 14.0. The molecular formula is C17H16Cl2N4. The van der Waals surface area contributed by atoms with Crippen LogP contribution in [0.5, 0.6) is 0 Å². The van der Waals surface area contributed by atoms with E-state index in [0.717, 1.165) is 54.6 Å². The monoisotopic (exact) mass is 346 g/mol. The number of halogens is 2. The number of fused-ring (bicyclic) bond motifs is 2. The Morgan fingerprint density at radius 3 is 2.39 bits per heavy atom. The zero-order chi connectivity index (χ0) is 15.8. The highest BCUT2D eigenvalue weighted by atomic mass is 35.5. The summed E-state index contributed by atoms with van der Waals surface area (Å²) in [6.07, 6.45) is 0. The van der Waals surface area contributed by atoms with E-state index in [4.69, 9.17) is 28.2 Å². The Bertz CT molecular complexity index is 782. The zero-order valence-electron chi connectivity index (χ0n) is 12.4. The van der Waals surface area contributed by atoms with E-state index in [1.165, 1.54) is 0 Å². The minimum Gasteiger partial charge on any atom is -0.353 e. The Balaban J connectivity index is 1.88. The van der Waals surface area contributed by atoms with Gasteiger partial charge in [-0.15, -0.1) is 0 Å². The van der Waals surface area contributed by atoms with Crippen LogP contribution >= 0.6 is 23.2 Å². The van der Waals surface area contributed by atoms with Crippen LogP contribution in [0.2, 0.25) is 10.0 Å². The molecule has 0 aromatic heterocycles. The van der Waals surface area contributed by atoms with Crippen molar-refractivity contribution in [3.05, 3.63) is 52.0 Å². The topological polar surface area (TPSA) is 39.7 Å². The van der Waals surface area contributed by atoms with Gasteiger partial charge in [0.25, 0.3) is 0 Å². The van der Waals surface area contributed by atoms with E-state index in [2.05, 4.69) is 15.5 Å². The van der Waals surface area contributed by atoms with Crippen molar-refractivity contribution in [2.75, 3.05) is 31.5 Å². The maximum atomic E-state index is 6.19. The Hall–Kier alpha value is -1.75. The molecule has 0 aliphatic carbocycles. The fraction of sp³-hybridized carbons (Fsp3) is 0.235. The van der Waals surface area contributed by atoms with E-state index in [1.807, 2.05) is 36.4 Å². The number of hydrogen-bond acceptors (Lipinski definition) is 4. The van der Waals surface area contributed by atoms with Gasteiger partial charge in [-0.3, -0.25) is 0 Å². The molecule has 0 spiro atoms. The molecule has 1 fully saturated rings. The van der Waals surface area contributed by atoms with Crippen molar-refractivity contribution in [2.24, 2.45) is 4.99 Å². The molecule has 2 aromatic carbocycles. The maximum Gasteiger partial charge on any atom is 0.138 e. The van der Waals surface area contributed by atoms with Gasteiger partial charge in [0.05, 0.1) is 17.1 Å². The molecule has 4 rings (SSSR count). The number of anilines is 2. The lowest BCUT2D eigenvalue weighted by Crippen LogP contribution is -2.46. The fourth-order valence-electron chi connectivity index (χ4n) is 2.96. The molecule has 4 nitrogen and oxygen atoms in total. The molecule has 0 radical (unpaired) electrons. The number of hydrogen-bond donors (Lipinski definition) is 2. The highest BCUT2D eigenvalue weighted by molar-refractivity contribution is 6.31. The van der Waals surface area contributed by atoms with Gasteiger partial charge in [-0.2, -0.15) is 0 Å². The van der Waals surface area contributed by atoms with Gasteiger partial charge in [0.2, 0.25) is 0 Å². The first-order chi connectivity index (χ1) is 11.2. The van der Waals surface area contributed by atoms with E-state index in [-0.39, 0.29) is 0 Å². The minimum atomic E-state index is 0.681. The van der Waals surface area contributed by atoms with Gasteiger partial charge in [-0.1, -0.05) is 23.2 Å². The summed E-state index contributed by atoms with van der Waals surface area (Å²) in [5, 5.41) is 8.18. The van der Waals surface area contributed by atoms with Crippen molar-refractivity contribution < 1.29 is 0 Å². The number of aliphatic imine (C=N–C) groups is 1. The molecular weight excluding hydrogens is 331 g/mol. The van der Waals surface area contributed by atoms with Crippen LogP contribution in [0.4, 0.5) is 17.1 Å². The molecule has 2 N–H and O–H groups in total. The lowest BCUT2D eigenvalue weighted by atomic mass is 10.1. The Morgan fingerprint density at radius 2 is 1.61 bits per heavy atom. The molecule has 0 bridgehead atoms. The van der Waals surface area contributed by atoms with Crippen LogP contribution in [0, 0.1) is 0 Å². The van der Waals surface area contributed by atoms with Crippen LogP contribution in [0.1, 0.15) is 5.56 Å². The highest BCUT2D eigenvalue weighted by Crippen LogP contribution is 2.37. The van der Waals surface area contributed by atoms with Crippen LogP contribution in [0.25, 0.3) is 0 Å². The minimum absolute atomic E-state index is 0.681. The normalized spacial score (nSPS) is 16.8. The smallest absolute Gasteiger partial charge is 0.138 e. The summed E-state index contributed by atoms with van der Waals surface area (Å²) in [4.78, 5) is 7.24. The fourth-order valence-corrected chi connectivity index (χ4v) is 3.30. The molecule has 0 amide bonds. The number of benzene rings is 2. The van der Waals surface area contributed by atoms with Crippen molar-refractivity contribution >= 4 is 46.1 Å². The summed E-state index contributed by atoms with van der Waals surface area (Å²) in [6.45, 7) is 3.79. The summed E-state index contributed by atoms with van der Waals surface area (Å²) in [5.41, 5.74) is 3.79. The molecule has 2 heterocycles. The van der Waals surface area contributed by atoms with Crippen LogP contribution < -0.4 is 10.6 Å². The lowest BCUT2D eigenvalue weighted by Gasteiger charge is -2.30. The molecule has 2 aromatic rings. The van der Waals surface area contributed by atoms with E-state index in [0.29, 0.717) is 10.0 Å². The first-order valence-corrected chi connectivity index (χ1v) is 8.37. The second kappa shape index (κ2) is 6.04. The third kappa shape index (κ3) is 2.90. The number of rotatable bonds is 0. The Kier molecular flexibility index (Phi) is 3.89. The van der Waals surface area contributed by atoms with Gasteiger partial charge < -0.3 is 15.5 Å². The predicted octanol–water partition coefficient (Wildman–Crippen LogP) is 4.03. The quantitative estimate of drug-likeness (QED) is 0.756. The molecule has 2 aliphatic rings. The van der Waals surface area contributed by atoms with Gasteiger partial charge in [0.15, 0.2) is 0 Å². The molecule has 1 saturated heterocycles. The third-order valence-electron chi connectivity index (χ3n) is 4.09. The van der Waals surface area contributed by atoms with Gasteiger partial charge >= 0.3 is 0 Å². The SMILES string of the molecule is Clc1ccc2c(c1)Nc1cc(Cl)ccc1C(N1CCNCC1)=N2. The van der Waals surface area contributed by atoms with Crippen molar-refractivity contribution in [1.82, 2.24) is 10.2 Å². The standard InChI is InChI=1S/C17H16Cl2N4/c18-11-1-3-13-15(9-11)21-16-10-12(19)2-4-14(16)22-17(13)23-7-5-20-6-8-23/h1-4,9-10,20-21H,5-8H2. The van der Waals surface area contributed by atoms with E-state index in [1.54, 1.807) is 0 Å². The second-order valence-corrected chi connectivity index (χ2v) is 6.52. The molecule has 0 unspecified atom stereocenters. The van der Waals surface area contributed by atoms with Crippen LogP contribution in [0.15, 0.2) is 41.4 Å². The van der Waals surface area contributed by atoms with E-state index < -0.39 is 0 Å². The summed E-state index contributed by atoms with van der Waals surface area (Å²) >= 11 is 12.3. The van der Waals surface area contributed by atoms with Gasteiger partial charge in [0.1, 0.15) is 5.84 Å². The maximum absolute atomic E-state index is 6.19. The molecule has 6 heteroatoms. The van der Waals surface area contributed by atoms with Crippen LogP contribution in [0.3, 0.4) is 0 Å². The average Bonchev–Trinajstić information content (AvgIpc) is 2.71. The van der Waals surface area contributed by atoms with Gasteiger partial charge in [-0.25, -0.2) is 4.99 Å². The lowest BCUT2D eigenvalue weighted by molar-refractivity contribution is 0.358. The molecule has 2 aliphatic heterocycles. The van der Waals surface area contributed by atoms with Gasteiger partial charge in [0, 0.05) is 41.8 Å². The van der Waals surface area contributed by atoms with E-state index in [9.17, 15) is 0 Å². The summed E-state index contributed by atoms with van der Waals surface area (Å²) < 4.78 is 0. The first kappa shape index (κ1) is 14.8. The molecule has 23 heavy (non-hydrogen) atoms. The molecule has 118 valence electrons. The van der Waals surface area contributed by atoms with E-state index >= 15 is 0 Å².